The molecule has 1 rings (SSSR count). The van der Waals surface area contributed by atoms with Gasteiger partial charge >= 0.3 is 5.97 Å². The van der Waals surface area contributed by atoms with E-state index in [9.17, 15) is 13.2 Å². The summed E-state index contributed by atoms with van der Waals surface area (Å²) in [5.74, 6) is -1.25. The van der Waals surface area contributed by atoms with E-state index < -0.39 is 22.5 Å². The van der Waals surface area contributed by atoms with Gasteiger partial charge in [0.05, 0.1) is 5.02 Å². The minimum Gasteiger partial charge on any atom is -0.480 e. The van der Waals surface area contributed by atoms with Crippen LogP contribution in [-0.4, -0.2) is 26.0 Å². The van der Waals surface area contributed by atoms with E-state index in [1.807, 2.05) is 11.6 Å². The van der Waals surface area contributed by atoms with Crippen LogP contribution < -0.4 is 4.72 Å². The summed E-state index contributed by atoms with van der Waals surface area (Å²) in [5, 5.41) is 8.55. The molecule has 1 aromatic rings. The zero-order valence-corrected chi connectivity index (χ0v) is 11.4. The van der Waals surface area contributed by atoms with E-state index in [-0.39, 0.29) is 9.92 Å². The van der Waals surface area contributed by atoms with Gasteiger partial charge in [-0.1, -0.05) is 31.0 Å². The van der Waals surface area contributed by atoms with Crippen molar-refractivity contribution in [2.75, 3.05) is 6.54 Å². The minimum atomic E-state index is -3.89. The Morgan fingerprint density at radius 3 is 2.67 bits per heavy atom. The molecule has 2 N–H and O–H groups in total. The summed E-state index contributed by atoms with van der Waals surface area (Å²) in [6.45, 7) is 1.31. The summed E-state index contributed by atoms with van der Waals surface area (Å²) in [6.07, 6.45) is 1.61. The van der Waals surface area contributed by atoms with Gasteiger partial charge in [-0.2, -0.15) is 4.72 Å². The molecule has 0 amide bonds. The number of aryl methyl sites for hydroxylation is 1. The number of nitrogens with one attached hydrogen (secondary N) is 1. The molecule has 5 nitrogen and oxygen atoms in total. The first-order chi connectivity index (χ1) is 8.36. The molecule has 0 aliphatic heterocycles. The van der Waals surface area contributed by atoms with Crippen molar-refractivity contribution in [3.8, 4) is 0 Å². The van der Waals surface area contributed by atoms with Crippen molar-refractivity contribution >= 4 is 27.6 Å². The molecule has 0 aliphatic rings. The van der Waals surface area contributed by atoms with Crippen LogP contribution in [0.25, 0.3) is 0 Å². The molecular weight excluding hydrogens is 278 g/mol. The Kier molecular flexibility index (Phi) is 5.13. The Morgan fingerprint density at radius 2 is 2.11 bits per heavy atom. The monoisotopic (exact) mass is 291 g/mol. The maximum absolute atomic E-state index is 11.9. The molecule has 100 valence electrons. The molecule has 1 aromatic carbocycles. The molecular formula is C11H14ClNO4S. The third-order valence-electron chi connectivity index (χ3n) is 2.24. The molecule has 0 saturated heterocycles. The predicted octanol–water partition coefficient (Wildman–Crippen LogP) is 1.66. The fourth-order valence-electron chi connectivity index (χ4n) is 1.43. The van der Waals surface area contributed by atoms with E-state index in [0.29, 0.717) is 0 Å². The van der Waals surface area contributed by atoms with E-state index >= 15 is 0 Å². The maximum Gasteiger partial charge on any atom is 0.318 e. The largest absolute Gasteiger partial charge is 0.480 e. The van der Waals surface area contributed by atoms with Crippen molar-refractivity contribution in [1.82, 2.24) is 4.72 Å². The SMILES string of the molecule is CCCc1ccc(Cl)c(S(=O)(=O)NCC(=O)O)c1. The quantitative estimate of drug-likeness (QED) is 0.835. The fraction of sp³-hybridized carbons (Fsp3) is 0.364. The Labute approximate surface area is 111 Å². The highest BCUT2D eigenvalue weighted by atomic mass is 35.5. The molecule has 0 atom stereocenters. The summed E-state index contributed by atoms with van der Waals surface area (Å²) in [7, 11) is -3.89. The van der Waals surface area contributed by atoms with Gasteiger partial charge in [0, 0.05) is 0 Å². The molecule has 0 unspecified atom stereocenters. The maximum atomic E-state index is 11.9. The van der Waals surface area contributed by atoms with Crippen molar-refractivity contribution < 1.29 is 18.3 Å². The molecule has 0 aliphatic carbocycles. The number of carboxylic acid groups (broad SMARTS) is 1. The van der Waals surface area contributed by atoms with Crippen LogP contribution in [0.15, 0.2) is 23.1 Å². The van der Waals surface area contributed by atoms with Gasteiger partial charge < -0.3 is 5.11 Å². The first-order valence-corrected chi connectivity index (χ1v) is 7.23. The molecule has 0 saturated carbocycles. The van der Waals surface area contributed by atoms with Gasteiger partial charge in [-0.3, -0.25) is 4.79 Å². The van der Waals surface area contributed by atoms with Gasteiger partial charge in [0.1, 0.15) is 11.4 Å². The Morgan fingerprint density at radius 1 is 1.44 bits per heavy atom. The Hall–Kier alpha value is -1.11. The number of hydrogen-bond donors (Lipinski definition) is 2. The van der Waals surface area contributed by atoms with Crippen LogP contribution in [0.1, 0.15) is 18.9 Å². The van der Waals surface area contributed by atoms with Crippen LogP contribution >= 0.6 is 11.6 Å². The molecule has 0 bridgehead atoms. The van der Waals surface area contributed by atoms with Crippen molar-refractivity contribution in [1.29, 1.82) is 0 Å². The molecule has 0 radical (unpaired) electrons. The van der Waals surface area contributed by atoms with Crippen LogP contribution in [-0.2, 0) is 21.2 Å². The molecule has 0 heterocycles. The molecule has 0 aromatic heterocycles. The zero-order chi connectivity index (χ0) is 13.8. The molecule has 0 fully saturated rings. The molecule has 7 heteroatoms. The smallest absolute Gasteiger partial charge is 0.318 e. The van der Waals surface area contributed by atoms with Gasteiger partial charge in [-0.05, 0) is 24.1 Å². The lowest BCUT2D eigenvalue weighted by atomic mass is 10.1. The Balaban J connectivity index is 3.06. The predicted molar refractivity (Wildman–Crippen MR) is 68.3 cm³/mol. The second-order valence-electron chi connectivity index (χ2n) is 3.73. The topological polar surface area (TPSA) is 83.5 Å². The number of sulfonamides is 1. The van der Waals surface area contributed by atoms with Crippen molar-refractivity contribution in [2.45, 2.75) is 24.7 Å². The summed E-state index contributed by atoms with van der Waals surface area (Å²) in [4.78, 5) is 10.3. The van der Waals surface area contributed by atoms with Crippen LogP contribution in [0.3, 0.4) is 0 Å². The molecule has 18 heavy (non-hydrogen) atoms. The van der Waals surface area contributed by atoms with Crippen LogP contribution in [0.5, 0.6) is 0 Å². The number of rotatable bonds is 6. The average Bonchev–Trinajstić information content (AvgIpc) is 2.29. The third-order valence-corrected chi connectivity index (χ3v) is 4.12. The lowest BCUT2D eigenvalue weighted by Crippen LogP contribution is -2.29. The van der Waals surface area contributed by atoms with Gasteiger partial charge in [-0.15, -0.1) is 0 Å². The van der Waals surface area contributed by atoms with Crippen molar-refractivity contribution in [3.05, 3.63) is 28.8 Å². The fourth-order valence-corrected chi connectivity index (χ4v) is 2.95. The van der Waals surface area contributed by atoms with Crippen LogP contribution in [0, 0.1) is 0 Å². The lowest BCUT2D eigenvalue weighted by molar-refractivity contribution is -0.135. The zero-order valence-electron chi connectivity index (χ0n) is 9.81. The summed E-state index contributed by atoms with van der Waals surface area (Å²) >= 11 is 5.83. The van der Waals surface area contributed by atoms with Gasteiger partial charge in [0.25, 0.3) is 0 Å². The van der Waals surface area contributed by atoms with Crippen molar-refractivity contribution in [3.63, 3.8) is 0 Å². The number of carboxylic acids is 1. The highest BCUT2D eigenvalue weighted by molar-refractivity contribution is 7.89. The first-order valence-electron chi connectivity index (χ1n) is 5.36. The average molecular weight is 292 g/mol. The van der Waals surface area contributed by atoms with E-state index in [1.54, 1.807) is 6.07 Å². The first kappa shape index (κ1) is 14.9. The van der Waals surface area contributed by atoms with E-state index in [0.717, 1.165) is 18.4 Å². The van der Waals surface area contributed by atoms with E-state index in [4.69, 9.17) is 16.7 Å². The number of aliphatic carboxylic acids is 1. The number of carbonyl (C=O) groups is 1. The minimum absolute atomic E-state index is 0.0766. The highest BCUT2D eigenvalue weighted by Crippen LogP contribution is 2.23. The van der Waals surface area contributed by atoms with E-state index in [2.05, 4.69) is 0 Å². The van der Waals surface area contributed by atoms with Gasteiger partial charge in [0.2, 0.25) is 10.0 Å². The standard InChI is InChI=1S/C11H14ClNO4S/c1-2-3-8-4-5-9(12)10(6-8)18(16,17)13-7-11(14)15/h4-6,13H,2-3,7H2,1H3,(H,14,15). The number of benzene rings is 1. The second kappa shape index (κ2) is 6.17. The van der Waals surface area contributed by atoms with Crippen molar-refractivity contribution in [2.24, 2.45) is 0 Å². The van der Waals surface area contributed by atoms with Crippen LogP contribution in [0.4, 0.5) is 0 Å². The van der Waals surface area contributed by atoms with E-state index in [1.165, 1.54) is 12.1 Å². The second-order valence-corrected chi connectivity index (χ2v) is 5.88. The summed E-state index contributed by atoms with van der Waals surface area (Å²) in [6, 6.07) is 4.72. The number of halogens is 1. The normalized spacial score (nSPS) is 11.4. The van der Waals surface area contributed by atoms with Gasteiger partial charge in [-0.25, -0.2) is 8.42 Å². The lowest BCUT2D eigenvalue weighted by Gasteiger charge is -2.08. The Bertz CT molecular complexity index is 542. The molecule has 0 spiro atoms. The highest BCUT2D eigenvalue weighted by Gasteiger charge is 2.19. The summed E-state index contributed by atoms with van der Waals surface area (Å²) in [5.41, 5.74) is 0.845. The summed E-state index contributed by atoms with van der Waals surface area (Å²) < 4.78 is 25.7. The van der Waals surface area contributed by atoms with Crippen LogP contribution in [0.2, 0.25) is 5.02 Å². The van der Waals surface area contributed by atoms with Gasteiger partial charge in [0.15, 0.2) is 0 Å². The third kappa shape index (κ3) is 3.97. The number of hydrogen-bond acceptors (Lipinski definition) is 3.